The number of hydrogen-bond donors (Lipinski definition) is 1. The summed E-state index contributed by atoms with van der Waals surface area (Å²) in [6.07, 6.45) is 2.75. The molecule has 0 bridgehead atoms. The summed E-state index contributed by atoms with van der Waals surface area (Å²) in [5.41, 5.74) is 9.14. The van der Waals surface area contributed by atoms with Gasteiger partial charge in [-0.1, -0.05) is 6.07 Å². The summed E-state index contributed by atoms with van der Waals surface area (Å²) in [7, 11) is -3.79. The van der Waals surface area contributed by atoms with E-state index in [-0.39, 0.29) is 23.9 Å². The number of halogens is 1. The maximum Gasteiger partial charge on any atom is 0.410 e. The van der Waals surface area contributed by atoms with Gasteiger partial charge in [-0.25, -0.2) is 31.5 Å². The molecule has 1 aliphatic heterocycles. The maximum atomic E-state index is 13.8. The van der Waals surface area contributed by atoms with Crippen LogP contribution in [0.1, 0.15) is 53.5 Å². The average molecular weight is 583 g/mol. The number of ether oxygens (including phenoxy) is 1. The van der Waals surface area contributed by atoms with Crippen LogP contribution in [0.2, 0.25) is 0 Å². The molecule has 0 saturated carbocycles. The minimum Gasteiger partial charge on any atom is -0.444 e. The molecule has 2 N–H and O–H groups in total. The summed E-state index contributed by atoms with van der Waals surface area (Å²) >= 11 is 0. The van der Waals surface area contributed by atoms with Crippen molar-refractivity contribution in [1.29, 1.82) is 0 Å². The number of aromatic nitrogens is 4. The van der Waals surface area contributed by atoms with E-state index in [2.05, 4.69) is 9.55 Å². The number of hydrogen-bond acceptors (Lipinski definition) is 7. The van der Waals surface area contributed by atoms with Gasteiger partial charge in [-0.05, 0) is 83.9 Å². The van der Waals surface area contributed by atoms with Crippen LogP contribution in [0.4, 0.5) is 15.1 Å². The number of fused-ring (bicyclic) bond motifs is 1. The van der Waals surface area contributed by atoms with Gasteiger partial charge in [0.1, 0.15) is 11.4 Å². The number of likely N-dealkylation sites (tertiary alicyclic amines) is 1. The summed E-state index contributed by atoms with van der Waals surface area (Å²) < 4.78 is 48.8. The number of carbonyl (C=O) groups is 1. The molecule has 218 valence electrons. The van der Waals surface area contributed by atoms with Gasteiger partial charge in [-0.3, -0.25) is 0 Å². The predicted molar refractivity (Wildman–Crippen MR) is 156 cm³/mol. The Morgan fingerprint density at radius 2 is 1.71 bits per heavy atom. The van der Waals surface area contributed by atoms with Crippen molar-refractivity contribution in [3.8, 4) is 22.5 Å². The first-order valence-corrected chi connectivity index (χ1v) is 15.1. The molecule has 41 heavy (non-hydrogen) atoms. The van der Waals surface area contributed by atoms with E-state index in [1.165, 1.54) is 12.1 Å². The molecule has 0 aliphatic carbocycles. The number of nitrogen functional groups attached to an aromatic ring is 1. The van der Waals surface area contributed by atoms with Crippen LogP contribution in [0.15, 0.2) is 48.8 Å². The second-order valence-electron chi connectivity index (χ2n) is 11.6. The van der Waals surface area contributed by atoms with Gasteiger partial charge in [0, 0.05) is 30.3 Å². The highest BCUT2D eigenvalue weighted by Gasteiger charge is 2.30. The van der Waals surface area contributed by atoms with E-state index in [4.69, 9.17) is 15.5 Å². The zero-order valence-corrected chi connectivity index (χ0v) is 24.7. The first-order valence-electron chi connectivity index (χ1n) is 13.6. The maximum absolute atomic E-state index is 13.8. The molecule has 1 fully saturated rings. The molecule has 0 radical (unpaired) electrons. The molecule has 2 aromatic carbocycles. The summed E-state index contributed by atoms with van der Waals surface area (Å²) in [5.74, 6) is -0.462. The fraction of sp³-hybridized carbons (Fsp3) is 0.414. The van der Waals surface area contributed by atoms with Crippen molar-refractivity contribution in [2.45, 2.75) is 64.4 Å². The number of nitrogens with two attached hydrogens (primary N) is 1. The number of amides is 1. The summed E-state index contributed by atoms with van der Waals surface area (Å²) in [6, 6.07) is 11.5. The topological polar surface area (TPSA) is 125 Å². The van der Waals surface area contributed by atoms with Crippen molar-refractivity contribution in [3.63, 3.8) is 0 Å². The highest BCUT2D eigenvalue weighted by Crippen LogP contribution is 2.38. The highest BCUT2D eigenvalue weighted by molar-refractivity contribution is 7.90. The molecule has 2 aromatic heterocycles. The predicted octanol–water partition coefficient (Wildman–Crippen LogP) is 5.45. The Balaban J connectivity index is 1.59. The number of benzene rings is 2. The van der Waals surface area contributed by atoms with Crippen LogP contribution in [-0.4, -0.2) is 61.9 Å². The first-order chi connectivity index (χ1) is 19.3. The van der Waals surface area contributed by atoms with Gasteiger partial charge in [0.15, 0.2) is 0 Å². The smallest absolute Gasteiger partial charge is 0.410 e. The molecule has 12 heteroatoms. The Morgan fingerprint density at radius 3 is 2.32 bits per heavy atom. The van der Waals surface area contributed by atoms with Crippen molar-refractivity contribution in [3.05, 3.63) is 54.6 Å². The number of imidazole rings is 2. The Kier molecular flexibility index (Phi) is 7.31. The largest absolute Gasteiger partial charge is 0.444 e. The van der Waals surface area contributed by atoms with Crippen molar-refractivity contribution >= 4 is 33.1 Å². The molecule has 1 amide bonds. The highest BCUT2D eigenvalue weighted by atomic mass is 32.2. The second-order valence-corrected chi connectivity index (χ2v) is 13.9. The van der Waals surface area contributed by atoms with Gasteiger partial charge < -0.3 is 19.9 Å². The lowest BCUT2D eigenvalue weighted by atomic mass is 10.0. The van der Waals surface area contributed by atoms with E-state index < -0.39 is 20.9 Å². The zero-order chi connectivity index (χ0) is 29.7. The van der Waals surface area contributed by atoms with Crippen LogP contribution in [0.3, 0.4) is 0 Å². The molecule has 0 atom stereocenters. The van der Waals surface area contributed by atoms with E-state index in [1.807, 2.05) is 26.8 Å². The average Bonchev–Trinajstić information content (AvgIpc) is 3.48. The van der Waals surface area contributed by atoms with Crippen molar-refractivity contribution < 1.29 is 22.3 Å². The third kappa shape index (κ3) is 5.52. The summed E-state index contributed by atoms with van der Waals surface area (Å²) in [6.45, 7) is 9.74. The SMILES string of the molecule is CC(C)S(=O)(=O)n1c(N)nc2ccc(-c3c(-c4ccc(F)cc4)ncn3C3CCN(C(=O)OC(C)(C)C)CC3)cc21. The van der Waals surface area contributed by atoms with Crippen molar-refractivity contribution in [1.82, 2.24) is 23.4 Å². The van der Waals surface area contributed by atoms with Crippen LogP contribution >= 0.6 is 0 Å². The minimum atomic E-state index is -3.79. The molecule has 3 heterocycles. The van der Waals surface area contributed by atoms with Crippen molar-refractivity contribution in [2.24, 2.45) is 0 Å². The molecular formula is C29H35FN6O4S. The second kappa shape index (κ2) is 10.5. The van der Waals surface area contributed by atoms with Crippen molar-refractivity contribution in [2.75, 3.05) is 18.8 Å². The normalized spacial score (nSPS) is 15.1. The lowest BCUT2D eigenvalue weighted by molar-refractivity contribution is 0.0189. The zero-order valence-electron chi connectivity index (χ0n) is 23.8. The third-order valence-electron chi connectivity index (χ3n) is 7.18. The quantitative estimate of drug-likeness (QED) is 0.332. The molecule has 0 unspecified atom stereocenters. The monoisotopic (exact) mass is 582 g/mol. The van der Waals surface area contributed by atoms with E-state index in [1.54, 1.807) is 49.3 Å². The van der Waals surface area contributed by atoms with Crippen LogP contribution in [0.5, 0.6) is 0 Å². The minimum absolute atomic E-state index is 0.00968. The first kappa shape index (κ1) is 28.6. The van der Waals surface area contributed by atoms with Gasteiger partial charge >= 0.3 is 6.09 Å². The Morgan fingerprint density at radius 1 is 1.07 bits per heavy atom. The van der Waals surface area contributed by atoms with Crippen LogP contribution in [0.25, 0.3) is 33.5 Å². The Hall–Kier alpha value is -3.93. The summed E-state index contributed by atoms with van der Waals surface area (Å²) in [4.78, 5) is 23.4. The Labute approximate surface area is 239 Å². The number of anilines is 1. The van der Waals surface area contributed by atoms with E-state index in [0.29, 0.717) is 53.8 Å². The standard InChI is InChI=1S/C29H35FN6O4S/c1-18(2)41(38,39)36-24-16-20(8-11-23(24)33-27(36)31)26-25(19-6-9-21(30)10-7-19)32-17-35(26)22-12-14-34(15-13-22)28(37)40-29(3,4)5/h6-11,16-18,22H,12-15H2,1-5H3,(H2,31,33). The lowest BCUT2D eigenvalue weighted by Crippen LogP contribution is -2.42. The molecule has 1 saturated heterocycles. The molecule has 4 aromatic rings. The van der Waals surface area contributed by atoms with Crippen LogP contribution < -0.4 is 5.73 Å². The number of piperidine rings is 1. The number of rotatable bonds is 5. The lowest BCUT2D eigenvalue weighted by Gasteiger charge is -2.34. The van der Waals surface area contributed by atoms with Crippen LogP contribution in [-0.2, 0) is 14.8 Å². The number of carbonyl (C=O) groups excluding carboxylic acids is 1. The van der Waals surface area contributed by atoms with Gasteiger partial charge in [-0.2, -0.15) is 0 Å². The van der Waals surface area contributed by atoms with Gasteiger partial charge in [-0.15, -0.1) is 0 Å². The molecule has 5 rings (SSSR count). The molecule has 10 nitrogen and oxygen atoms in total. The fourth-order valence-electron chi connectivity index (χ4n) is 5.09. The third-order valence-corrected chi connectivity index (χ3v) is 9.27. The summed E-state index contributed by atoms with van der Waals surface area (Å²) in [5, 5.41) is -0.707. The van der Waals surface area contributed by atoms with Crippen LogP contribution in [0, 0.1) is 5.82 Å². The molecule has 0 spiro atoms. The van der Waals surface area contributed by atoms with E-state index in [0.717, 1.165) is 9.67 Å². The molecule has 1 aliphatic rings. The fourth-order valence-corrected chi connectivity index (χ4v) is 6.24. The Bertz CT molecular complexity index is 1700. The van der Waals surface area contributed by atoms with Gasteiger partial charge in [0.05, 0.1) is 34.0 Å². The van der Waals surface area contributed by atoms with Gasteiger partial charge in [0.2, 0.25) is 16.0 Å². The van der Waals surface area contributed by atoms with Gasteiger partial charge in [0.25, 0.3) is 0 Å². The van der Waals surface area contributed by atoms with E-state index >= 15 is 0 Å². The van der Waals surface area contributed by atoms with E-state index in [9.17, 15) is 17.6 Å². The molecular weight excluding hydrogens is 547 g/mol. The number of nitrogens with zero attached hydrogens (tertiary/aromatic N) is 5.